The van der Waals surface area contributed by atoms with Crippen molar-refractivity contribution in [2.45, 2.75) is 25.3 Å². The van der Waals surface area contributed by atoms with Crippen molar-refractivity contribution in [3.63, 3.8) is 0 Å². The van der Waals surface area contributed by atoms with E-state index in [9.17, 15) is 8.42 Å². The van der Waals surface area contributed by atoms with Crippen LogP contribution < -0.4 is 10.5 Å². The van der Waals surface area contributed by atoms with Gasteiger partial charge in [-0.25, -0.2) is 13.1 Å². The first kappa shape index (κ1) is 14.0. The molecule has 0 radical (unpaired) electrons. The van der Waals surface area contributed by atoms with Crippen molar-refractivity contribution < 1.29 is 8.42 Å². The Morgan fingerprint density at radius 1 is 1.26 bits per heavy atom. The number of benzene rings is 1. The quantitative estimate of drug-likeness (QED) is 0.851. The summed E-state index contributed by atoms with van der Waals surface area (Å²) in [5.41, 5.74) is 7.69. The maximum atomic E-state index is 12.3. The molecule has 0 aliphatic rings. The molecule has 0 amide bonds. The lowest BCUT2D eigenvalue weighted by atomic mass is 10.1. The molecule has 3 N–H and O–H groups in total. The van der Waals surface area contributed by atoms with E-state index in [0.29, 0.717) is 5.56 Å². The number of aryl methyl sites for hydroxylation is 1. The van der Waals surface area contributed by atoms with Crippen LogP contribution >= 0.6 is 11.3 Å². The third kappa shape index (κ3) is 2.97. The van der Waals surface area contributed by atoms with Crippen LogP contribution in [0.15, 0.2) is 34.5 Å². The Morgan fingerprint density at radius 3 is 2.63 bits per heavy atom. The van der Waals surface area contributed by atoms with Gasteiger partial charge in [0.15, 0.2) is 0 Å². The van der Waals surface area contributed by atoms with E-state index in [1.165, 1.54) is 11.3 Å². The Kier molecular flexibility index (Phi) is 3.93. The maximum absolute atomic E-state index is 12.3. The molecule has 1 aromatic carbocycles. The lowest BCUT2D eigenvalue weighted by molar-refractivity contribution is 0.581. The van der Waals surface area contributed by atoms with Gasteiger partial charge in [0.1, 0.15) is 4.90 Å². The van der Waals surface area contributed by atoms with Crippen LogP contribution in [-0.4, -0.2) is 8.42 Å². The fraction of sp³-hybridized carbons (Fsp3) is 0.231. The SMILES string of the molecule is Cc1ccc(N)c(S(=O)(=O)NCc2cccs2)c1C. The van der Waals surface area contributed by atoms with Crippen molar-refractivity contribution in [3.05, 3.63) is 45.6 Å². The van der Waals surface area contributed by atoms with E-state index in [0.717, 1.165) is 10.4 Å². The summed E-state index contributed by atoms with van der Waals surface area (Å²) in [4.78, 5) is 1.15. The fourth-order valence-corrected chi connectivity index (χ4v) is 3.99. The first-order valence-electron chi connectivity index (χ1n) is 5.79. The van der Waals surface area contributed by atoms with Gasteiger partial charge < -0.3 is 5.73 Å². The van der Waals surface area contributed by atoms with E-state index >= 15 is 0 Å². The molecular weight excluding hydrogens is 280 g/mol. The van der Waals surface area contributed by atoms with Crippen molar-refractivity contribution >= 4 is 27.0 Å². The fourth-order valence-electron chi connectivity index (χ4n) is 1.82. The van der Waals surface area contributed by atoms with Crippen molar-refractivity contribution in [2.24, 2.45) is 0 Å². The van der Waals surface area contributed by atoms with E-state index in [-0.39, 0.29) is 17.1 Å². The third-order valence-electron chi connectivity index (χ3n) is 2.99. The summed E-state index contributed by atoms with van der Waals surface area (Å²) in [7, 11) is -3.59. The van der Waals surface area contributed by atoms with Crippen LogP contribution in [0.4, 0.5) is 5.69 Å². The number of nitrogens with two attached hydrogens (primary N) is 1. The number of hydrogen-bond acceptors (Lipinski definition) is 4. The average molecular weight is 296 g/mol. The van der Waals surface area contributed by atoms with Crippen LogP contribution in [0.25, 0.3) is 0 Å². The Bertz CT molecular complexity index is 677. The minimum Gasteiger partial charge on any atom is -0.398 e. The van der Waals surface area contributed by atoms with Crippen molar-refractivity contribution in [3.8, 4) is 0 Å². The van der Waals surface area contributed by atoms with E-state index in [2.05, 4.69) is 4.72 Å². The monoisotopic (exact) mass is 296 g/mol. The number of anilines is 1. The van der Waals surface area contributed by atoms with E-state index < -0.39 is 10.0 Å². The molecule has 0 unspecified atom stereocenters. The van der Waals surface area contributed by atoms with Crippen LogP contribution in [0.2, 0.25) is 0 Å². The average Bonchev–Trinajstić information content (AvgIpc) is 2.85. The van der Waals surface area contributed by atoms with Gasteiger partial charge in [0.05, 0.1) is 5.69 Å². The largest absolute Gasteiger partial charge is 0.398 e. The molecule has 0 saturated heterocycles. The van der Waals surface area contributed by atoms with Crippen molar-refractivity contribution in [2.75, 3.05) is 5.73 Å². The summed E-state index contributed by atoms with van der Waals surface area (Å²) < 4.78 is 27.3. The molecule has 1 heterocycles. The molecule has 2 aromatic rings. The zero-order valence-corrected chi connectivity index (χ0v) is 12.4. The van der Waals surface area contributed by atoms with E-state index in [1.54, 1.807) is 13.0 Å². The molecule has 19 heavy (non-hydrogen) atoms. The topological polar surface area (TPSA) is 72.2 Å². The molecule has 0 atom stereocenters. The van der Waals surface area contributed by atoms with Crippen LogP contribution in [0.3, 0.4) is 0 Å². The lowest BCUT2D eigenvalue weighted by Gasteiger charge is -2.13. The van der Waals surface area contributed by atoms with Crippen LogP contribution in [0.1, 0.15) is 16.0 Å². The van der Waals surface area contributed by atoms with Gasteiger partial charge in [-0.2, -0.15) is 0 Å². The number of thiophene rings is 1. The summed E-state index contributed by atoms with van der Waals surface area (Å²) in [6.45, 7) is 3.92. The highest BCUT2D eigenvalue weighted by Crippen LogP contribution is 2.25. The molecule has 0 aliphatic carbocycles. The van der Waals surface area contributed by atoms with Crippen LogP contribution in [-0.2, 0) is 16.6 Å². The zero-order chi connectivity index (χ0) is 14.0. The van der Waals surface area contributed by atoms with Gasteiger partial charge in [0.25, 0.3) is 0 Å². The highest BCUT2D eigenvalue weighted by atomic mass is 32.2. The Morgan fingerprint density at radius 2 is 2.00 bits per heavy atom. The van der Waals surface area contributed by atoms with Gasteiger partial charge in [-0.05, 0) is 42.5 Å². The predicted octanol–water partition coefficient (Wildman–Crippen LogP) is 2.43. The van der Waals surface area contributed by atoms with E-state index in [4.69, 9.17) is 5.73 Å². The smallest absolute Gasteiger partial charge is 0.243 e. The van der Waals surface area contributed by atoms with Gasteiger partial charge in [-0.1, -0.05) is 12.1 Å². The number of hydrogen-bond donors (Lipinski definition) is 2. The van der Waals surface area contributed by atoms with Gasteiger partial charge in [-0.3, -0.25) is 0 Å². The van der Waals surface area contributed by atoms with Gasteiger partial charge in [-0.15, -0.1) is 11.3 Å². The molecule has 0 fully saturated rings. The summed E-state index contributed by atoms with van der Waals surface area (Å²) in [6.07, 6.45) is 0. The first-order chi connectivity index (χ1) is 8.92. The molecule has 102 valence electrons. The molecule has 0 bridgehead atoms. The molecule has 1 aromatic heterocycles. The normalized spacial score (nSPS) is 11.7. The molecule has 6 heteroatoms. The molecule has 0 spiro atoms. The minimum absolute atomic E-state index is 0.184. The second-order valence-electron chi connectivity index (χ2n) is 4.33. The highest BCUT2D eigenvalue weighted by Gasteiger charge is 2.20. The van der Waals surface area contributed by atoms with E-state index in [1.807, 2.05) is 30.5 Å². The third-order valence-corrected chi connectivity index (χ3v) is 5.47. The maximum Gasteiger partial charge on any atom is 0.243 e. The number of nitrogen functional groups attached to an aromatic ring is 1. The Balaban J connectivity index is 2.32. The lowest BCUT2D eigenvalue weighted by Crippen LogP contribution is -2.24. The first-order valence-corrected chi connectivity index (χ1v) is 8.16. The molecule has 0 saturated carbocycles. The summed E-state index contributed by atoms with van der Waals surface area (Å²) >= 11 is 1.51. The van der Waals surface area contributed by atoms with Gasteiger partial charge in [0.2, 0.25) is 10.0 Å². The van der Waals surface area contributed by atoms with Gasteiger partial charge >= 0.3 is 0 Å². The molecule has 4 nitrogen and oxygen atoms in total. The number of nitrogens with one attached hydrogen (secondary N) is 1. The Labute approximate surface area is 117 Å². The second kappa shape index (κ2) is 5.32. The number of sulfonamides is 1. The standard InChI is InChI=1S/C13H16N2O2S2/c1-9-5-6-12(14)13(10(9)2)19(16,17)15-8-11-4-3-7-18-11/h3-7,15H,8,14H2,1-2H3. The Hall–Kier alpha value is -1.37. The van der Waals surface area contributed by atoms with Crippen LogP contribution in [0, 0.1) is 13.8 Å². The zero-order valence-electron chi connectivity index (χ0n) is 10.8. The second-order valence-corrected chi connectivity index (χ2v) is 7.07. The molecular formula is C13H16N2O2S2. The summed E-state index contributed by atoms with van der Waals surface area (Å²) in [5.74, 6) is 0. The predicted molar refractivity (Wildman–Crippen MR) is 78.7 cm³/mol. The van der Waals surface area contributed by atoms with Crippen molar-refractivity contribution in [1.29, 1.82) is 0 Å². The van der Waals surface area contributed by atoms with Crippen LogP contribution in [0.5, 0.6) is 0 Å². The molecule has 0 aliphatic heterocycles. The van der Waals surface area contributed by atoms with Gasteiger partial charge in [0, 0.05) is 11.4 Å². The summed E-state index contributed by atoms with van der Waals surface area (Å²) in [5, 5.41) is 1.91. The van der Waals surface area contributed by atoms with Crippen molar-refractivity contribution in [1.82, 2.24) is 4.72 Å². The minimum atomic E-state index is -3.59. The summed E-state index contributed by atoms with van der Waals surface area (Å²) in [6, 6.07) is 7.23. The number of rotatable bonds is 4. The highest BCUT2D eigenvalue weighted by molar-refractivity contribution is 7.89. The molecule has 2 rings (SSSR count).